The van der Waals surface area contributed by atoms with E-state index in [1.807, 2.05) is 24.3 Å². The van der Waals surface area contributed by atoms with Gasteiger partial charge >= 0.3 is 0 Å². The minimum Gasteiger partial charge on any atom is -0.487 e. The third-order valence-electron chi connectivity index (χ3n) is 2.59. The summed E-state index contributed by atoms with van der Waals surface area (Å²) in [7, 11) is 0. The van der Waals surface area contributed by atoms with Crippen molar-refractivity contribution >= 4 is 11.6 Å². The zero-order valence-corrected chi connectivity index (χ0v) is 9.19. The predicted molar refractivity (Wildman–Crippen MR) is 63.7 cm³/mol. The van der Waals surface area contributed by atoms with Crippen LogP contribution in [0.15, 0.2) is 36.9 Å². The van der Waals surface area contributed by atoms with Crippen LogP contribution in [0.4, 0.5) is 5.69 Å². The fourth-order valence-electron chi connectivity index (χ4n) is 1.85. The average molecular weight is 217 g/mol. The molecule has 1 saturated heterocycles. The average Bonchev–Trinajstić information content (AvgIpc) is 2.73. The molecule has 2 rings (SSSR count). The van der Waals surface area contributed by atoms with Gasteiger partial charge in [-0.1, -0.05) is 24.8 Å². The molecule has 0 aromatic heterocycles. The van der Waals surface area contributed by atoms with Gasteiger partial charge in [0, 0.05) is 13.0 Å². The minimum atomic E-state index is 0.176. The summed E-state index contributed by atoms with van der Waals surface area (Å²) in [5.41, 5.74) is 0.867. The number of ether oxygens (including phenoxy) is 1. The minimum absolute atomic E-state index is 0.176. The van der Waals surface area contributed by atoms with Gasteiger partial charge in [-0.2, -0.15) is 0 Å². The van der Waals surface area contributed by atoms with Crippen molar-refractivity contribution in [2.75, 3.05) is 18.1 Å². The smallest absolute Gasteiger partial charge is 0.227 e. The molecule has 3 nitrogen and oxygen atoms in total. The van der Waals surface area contributed by atoms with Crippen LogP contribution in [0, 0.1) is 0 Å². The Morgan fingerprint density at radius 3 is 2.94 bits per heavy atom. The zero-order chi connectivity index (χ0) is 11.4. The lowest BCUT2D eigenvalue weighted by molar-refractivity contribution is -0.117. The number of anilines is 1. The Hall–Kier alpha value is -1.77. The third kappa shape index (κ3) is 2.08. The third-order valence-corrected chi connectivity index (χ3v) is 2.59. The number of amides is 1. The lowest BCUT2D eigenvalue weighted by atomic mass is 10.2. The molecule has 1 heterocycles. The second-order valence-electron chi connectivity index (χ2n) is 3.72. The Labute approximate surface area is 95.3 Å². The first-order valence-corrected chi connectivity index (χ1v) is 5.46. The largest absolute Gasteiger partial charge is 0.487 e. The first-order valence-electron chi connectivity index (χ1n) is 5.46. The van der Waals surface area contributed by atoms with E-state index in [0.717, 1.165) is 24.4 Å². The van der Waals surface area contributed by atoms with Crippen molar-refractivity contribution in [3.8, 4) is 5.75 Å². The molecule has 1 aromatic rings. The van der Waals surface area contributed by atoms with Crippen molar-refractivity contribution in [1.29, 1.82) is 0 Å². The van der Waals surface area contributed by atoms with Crippen LogP contribution >= 0.6 is 0 Å². The van der Waals surface area contributed by atoms with Gasteiger partial charge in [-0.25, -0.2) is 0 Å². The molecule has 0 radical (unpaired) electrons. The van der Waals surface area contributed by atoms with Gasteiger partial charge in [0.05, 0.1) is 5.69 Å². The first-order chi connectivity index (χ1) is 7.83. The summed E-state index contributed by atoms with van der Waals surface area (Å²) in [6, 6.07) is 7.62. The van der Waals surface area contributed by atoms with Crippen molar-refractivity contribution in [3.05, 3.63) is 36.9 Å². The van der Waals surface area contributed by atoms with Crippen LogP contribution in [0.5, 0.6) is 5.75 Å². The fraction of sp³-hybridized carbons (Fsp3) is 0.308. The van der Waals surface area contributed by atoms with Crippen LogP contribution in [0.2, 0.25) is 0 Å². The highest BCUT2D eigenvalue weighted by atomic mass is 16.5. The molecule has 1 aromatic carbocycles. The molecular weight excluding hydrogens is 202 g/mol. The van der Waals surface area contributed by atoms with Gasteiger partial charge in [0.25, 0.3) is 0 Å². The molecule has 0 atom stereocenters. The molecule has 0 N–H and O–H groups in total. The summed E-state index contributed by atoms with van der Waals surface area (Å²) >= 11 is 0. The molecule has 1 amide bonds. The number of nitrogens with zero attached hydrogens (tertiary/aromatic N) is 1. The van der Waals surface area contributed by atoms with Crippen molar-refractivity contribution in [1.82, 2.24) is 0 Å². The molecule has 0 unspecified atom stereocenters. The van der Waals surface area contributed by atoms with Crippen LogP contribution in [-0.4, -0.2) is 19.1 Å². The maximum atomic E-state index is 11.7. The van der Waals surface area contributed by atoms with E-state index in [1.165, 1.54) is 0 Å². The van der Waals surface area contributed by atoms with E-state index in [2.05, 4.69) is 6.58 Å². The van der Waals surface area contributed by atoms with E-state index in [9.17, 15) is 4.79 Å². The molecule has 3 heteroatoms. The Bertz CT molecular complexity index is 401. The number of carbonyl (C=O) groups is 1. The number of para-hydroxylation sites is 2. The summed E-state index contributed by atoms with van der Waals surface area (Å²) in [5, 5.41) is 0. The van der Waals surface area contributed by atoms with Gasteiger partial charge in [-0.15, -0.1) is 0 Å². The molecule has 1 aliphatic heterocycles. The SMILES string of the molecule is C=CCOc1ccccc1N1CCCC1=O. The molecule has 0 spiro atoms. The number of carbonyl (C=O) groups excluding carboxylic acids is 1. The molecule has 84 valence electrons. The van der Waals surface area contributed by atoms with Gasteiger partial charge < -0.3 is 9.64 Å². The van der Waals surface area contributed by atoms with Crippen LogP contribution in [-0.2, 0) is 4.79 Å². The summed E-state index contributed by atoms with van der Waals surface area (Å²) < 4.78 is 5.54. The highest BCUT2D eigenvalue weighted by molar-refractivity contribution is 5.96. The van der Waals surface area contributed by atoms with Gasteiger partial charge in [0.2, 0.25) is 5.91 Å². The quantitative estimate of drug-likeness (QED) is 0.725. The second-order valence-corrected chi connectivity index (χ2v) is 3.72. The van der Waals surface area contributed by atoms with E-state index in [0.29, 0.717) is 13.0 Å². The van der Waals surface area contributed by atoms with E-state index >= 15 is 0 Å². The molecule has 0 aliphatic carbocycles. The number of hydrogen-bond acceptors (Lipinski definition) is 2. The van der Waals surface area contributed by atoms with Crippen LogP contribution < -0.4 is 9.64 Å². The Morgan fingerprint density at radius 2 is 2.25 bits per heavy atom. The Morgan fingerprint density at radius 1 is 1.44 bits per heavy atom. The maximum Gasteiger partial charge on any atom is 0.227 e. The molecule has 1 fully saturated rings. The summed E-state index contributed by atoms with van der Waals surface area (Å²) in [5.74, 6) is 0.923. The number of benzene rings is 1. The number of rotatable bonds is 4. The van der Waals surface area contributed by atoms with E-state index in [-0.39, 0.29) is 5.91 Å². The second kappa shape index (κ2) is 4.84. The van der Waals surface area contributed by atoms with Crippen molar-refractivity contribution in [3.63, 3.8) is 0 Å². The summed E-state index contributed by atoms with van der Waals surface area (Å²) in [4.78, 5) is 13.4. The molecule has 0 saturated carbocycles. The first kappa shape index (κ1) is 10.7. The molecule has 16 heavy (non-hydrogen) atoms. The monoisotopic (exact) mass is 217 g/mol. The number of hydrogen-bond donors (Lipinski definition) is 0. The Kier molecular flexibility index (Phi) is 3.25. The molecule has 1 aliphatic rings. The van der Waals surface area contributed by atoms with Gasteiger partial charge in [-0.05, 0) is 18.6 Å². The predicted octanol–water partition coefficient (Wildman–Crippen LogP) is 2.38. The van der Waals surface area contributed by atoms with Crippen molar-refractivity contribution in [2.24, 2.45) is 0 Å². The zero-order valence-electron chi connectivity index (χ0n) is 9.19. The summed E-state index contributed by atoms with van der Waals surface area (Å²) in [6.07, 6.45) is 3.26. The van der Waals surface area contributed by atoms with Gasteiger partial charge in [-0.3, -0.25) is 4.79 Å². The van der Waals surface area contributed by atoms with E-state index in [4.69, 9.17) is 4.74 Å². The Balaban J connectivity index is 2.24. The van der Waals surface area contributed by atoms with Crippen molar-refractivity contribution in [2.45, 2.75) is 12.8 Å². The maximum absolute atomic E-state index is 11.7. The van der Waals surface area contributed by atoms with Gasteiger partial charge in [0.15, 0.2) is 0 Å². The van der Waals surface area contributed by atoms with E-state index in [1.54, 1.807) is 11.0 Å². The fourth-order valence-corrected chi connectivity index (χ4v) is 1.85. The lowest BCUT2D eigenvalue weighted by Gasteiger charge is -2.19. The normalized spacial score (nSPS) is 15.2. The van der Waals surface area contributed by atoms with Crippen molar-refractivity contribution < 1.29 is 9.53 Å². The molecular formula is C13H15NO2. The van der Waals surface area contributed by atoms with Crippen LogP contribution in [0.3, 0.4) is 0 Å². The van der Waals surface area contributed by atoms with Crippen LogP contribution in [0.1, 0.15) is 12.8 Å². The van der Waals surface area contributed by atoms with Crippen LogP contribution in [0.25, 0.3) is 0 Å². The lowest BCUT2D eigenvalue weighted by Crippen LogP contribution is -2.24. The standard InChI is InChI=1S/C13H15NO2/c1-2-10-16-12-7-4-3-6-11(12)14-9-5-8-13(14)15/h2-4,6-7H,1,5,8-10H2. The summed E-state index contributed by atoms with van der Waals surface area (Å²) in [6.45, 7) is 4.85. The highest BCUT2D eigenvalue weighted by Crippen LogP contribution is 2.31. The van der Waals surface area contributed by atoms with E-state index < -0.39 is 0 Å². The topological polar surface area (TPSA) is 29.5 Å². The molecule has 0 bridgehead atoms. The highest BCUT2D eigenvalue weighted by Gasteiger charge is 2.23. The van der Waals surface area contributed by atoms with Gasteiger partial charge in [0.1, 0.15) is 12.4 Å².